The highest BCUT2D eigenvalue weighted by molar-refractivity contribution is 5.57. The van der Waals surface area contributed by atoms with Crippen LogP contribution in [-0.2, 0) is 6.54 Å². The van der Waals surface area contributed by atoms with Crippen LogP contribution >= 0.6 is 0 Å². The second kappa shape index (κ2) is 7.41. The summed E-state index contributed by atoms with van der Waals surface area (Å²) in [6, 6.07) is 30.0. The average molecular weight is 366 g/mol. The van der Waals surface area contributed by atoms with Crippen molar-refractivity contribution in [1.29, 1.82) is 0 Å². The summed E-state index contributed by atoms with van der Waals surface area (Å²) in [6.07, 6.45) is 3.18. The lowest BCUT2D eigenvalue weighted by Crippen LogP contribution is -2.17. The van der Waals surface area contributed by atoms with Gasteiger partial charge in [-0.05, 0) is 29.7 Å². The number of benzene rings is 3. The maximum absolute atomic E-state index is 4.30. The quantitative estimate of drug-likeness (QED) is 0.543. The topological polar surface area (TPSA) is 42.7 Å². The molecule has 1 N–H and O–H groups in total. The molecule has 138 valence electrons. The highest BCUT2D eigenvalue weighted by Gasteiger charge is 2.37. The van der Waals surface area contributed by atoms with Crippen LogP contribution in [0.1, 0.15) is 23.5 Å². The van der Waals surface area contributed by atoms with E-state index in [1.807, 2.05) is 41.2 Å². The Balaban J connectivity index is 1.23. The Kier molecular flexibility index (Phi) is 4.47. The minimum atomic E-state index is 0.571. The molecule has 1 saturated carbocycles. The fourth-order valence-electron chi connectivity index (χ4n) is 3.64. The zero-order chi connectivity index (χ0) is 18.8. The summed E-state index contributed by atoms with van der Waals surface area (Å²) in [5.74, 6) is 0.605. The molecule has 0 radical (unpaired) electrons. The van der Waals surface area contributed by atoms with Crippen molar-refractivity contribution < 1.29 is 0 Å². The third-order valence-electron chi connectivity index (χ3n) is 5.35. The molecule has 0 spiro atoms. The van der Waals surface area contributed by atoms with Crippen LogP contribution in [0.15, 0.2) is 91.1 Å². The summed E-state index contributed by atoms with van der Waals surface area (Å²) in [4.78, 5) is 0. The molecule has 1 aromatic heterocycles. The lowest BCUT2D eigenvalue weighted by Gasteiger charge is -2.06. The van der Waals surface area contributed by atoms with Gasteiger partial charge in [0.25, 0.3) is 0 Å². The molecule has 4 aromatic rings. The number of rotatable bonds is 6. The fraction of sp³-hybridized carbons (Fsp3) is 0.167. The maximum Gasteiger partial charge on any atom is 0.113 e. The highest BCUT2D eigenvalue weighted by atomic mass is 15.4. The summed E-state index contributed by atoms with van der Waals surface area (Å²) in [6.45, 7) is 0.932. The van der Waals surface area contributed by atoms with E-state index < -0.39 is 0 Å². The van der Waals surface area contributed by atoms with Crippen LogP contribution in [0.3, 0.4) is 0 Å². The normalized spacial score (nSPS) is 18.1. The summed E-state index contributed by atoms with van der Waals surface area (Å²) in [7, 11) is 0. The van der Waals surface area contributed by atoms with E-state index in [0.717, 1.165) is 23.5 Å². The first-order valence-corrected chi connectivity index (χ1v) is 9.72. The van der Waals surface area contributed by atoms with Crippen molar-refractivity contribution in [2.24, 2.45) is 0 Å². The van der Waals surface area contributed by atoms with Crippen LogP contribution in [-0.4, -0.2) is 21.0 Å². The SMILES string of the molecule is c1ccc(CNC2CC2c2ccc(-n3cc(-c4ccccc4)nn3)cc2)cc1. The Morgan fingerprint density at radius 2 is 1.57 bits per heavy atom. The first-order chi connectivity index (χ1) is 13.9. The third kappa shape index (κ3) is 3.59. The van der Waals surface area contributed by atoms with Gasteiger partial charge in [-0.25, -0.2) is 4.68 Å². The van der Waals surface area contributed by atoms with Gasteiger partial charge in [0.1, 0.15) is 5.69 Å². The second-order valence-electron chi connectivity index (χ2n) is 7.32. The lowest BCUT2D eigenvalue weighted by atomic mass is 10.1. The van der Waals surface area contributed by atoms with Gasteiger partial charge in [-0.15, -0.1) is 5.10 Å². The van der Waals surface area contributed by atoms with Crippen LogP contribution in [0.25, 0.3) is 16.9 Å². The van der Waals surface area contributed by atoms with E-state index in [9.17, 15) is 0 Å². The van der Waals surface area contributed by atoms with Crippen LogP contribution in [0.5, 0.6) is 0 Å². The van der Waals surface area contributed by atoms with Crippen molar-refractivity contribution in [3.05, 3.63) is 102 Å². The van der Waals surface area contributed by atoms with Gasteiger partial charge in [0.05, 0.1) is 11.9 Å². The minimum absolute atomic E-state index is 0.571. The first-order valence-electron chi connectivity index (χ1n) is 9.72. The van der Waals surface area contributed by atoms with E-state index in [-0.39, 0.29) is 0 Å². The standard InChI is InChI=1S/C24H22N4/c1-3-7-18(8-4-1)16-25-23-15-22(23)19-11-13-21(14-12-19)28-17-24(26-27-28)20-9-5-2-6-10-20/h1-14,17,22-23,25H,15-16H2. The summed E-state index contributed by atoms with van der Waals surface area (Å²) in [5.41, 5.74) is 5.72. The number of nitrogens with zero attached hydrogens (tertiary/aromatic N) is 3. The Morgan fingerprint density at radius 3 is 2.32 bits per heavy atom. The Labute approximate surface area is 164 Å². The summed E-state index contributed by atoms with van der Waals surface area (Å²) in [5, 5.41) is 12.2. The maximum atomic E-state index is 4.30. The van der Waals surface area contributed by atoms with Gasteiger partial charge in [0, 0.05) is 24.1 Å². The van der Waals surface area contributed by atoms with Gasteiger partial charge >= 0.3 is 0 Å². The van der Waals surface area contributed by atoms with Gasteiger partial charge in [-0.2, -0.15) is 0 Å². The van der Waals surface area contributed by atoms with Crippen molar-refractivity contribution in [2.45, 2.75) is 24.9 Å². The van der Waals surface area contributed by atoms with Crippen LogP contribution in [0, 0.1) is 0 Å². The van der Waals surface area contributed by atoms with E-state index >= 15 is 0 Å². The monoisotopic (exact) mass is 366 g/mol. The minimum Gasteiger partial charge on any atom is -0.309 e. The molecule has 3 aromatic carbocycles. The highest BCUT2D eigenvalue weighted by Crippen LogP contribution is 2.41. The molecular formula is C24H22N4. The largest absolute Gasteiger partial charge is 0.309 e. The second-order valence-corrected chi connectivity index (χ2v) is 7.32. The number of nitrogens with one attached hydrogen (secondary N) is 1. The molecule has 5 rings (SSSR count). The fourth-order valence-corrected chi connectivity index (χ4v) is 3.64. The first kappa shape index (κ1) is 16.9. The molecule has 2 unspecified atom stereocenters. The molecule has 1 aliphatic rings. The predicted octanol–water partition coefficient (Wildman–Crippen LogP) is 4.58. The predicted molar refractivity (Wildman–Crippen MR) is 111 cm³/mol. The third-order valence-corrected chi connectivity index (χ3v) is 5.35. The smallest absolute Gasteiger partial charge is 0.113 e. The number of hydrogen-bond donors (Lipinski definition) is 1. The van der Waals surface area contributed by atoms with Crippen LogP contribution in [0.4, 0.5) is 0 Å². The molecule has 1 aliphatic carbocycles. The van der Waals surface area contributed by atoms with E-state index in [0.29, 0.717) is 12.0 Å². The molecule has 1 heterocycles. The Bertz CT molecular complexity index is 1040. The van der Waals surface area contributed by atoms with Crippen molar-refractivity contribution in [2.75, 3.05) is 0 Å². The van der Waals surface area contributed by atoms with Gasteiger partial charge in [0.15, 0.2) is 0 Å². The molecule has 4 heteroatoms. The van der Waals surface area contributed by atoms with E-state index in [2.05, 4.69) is 70.2 Å². The van der Waals surface area contributed by atoms with Crippen molar-refractivity contribution in [3.8, 4) is 16.9 Å². The lowest BCUT2D eigenvalue weighted by molar-refractivity contribution is 0.672. The van der Waals surface area contributed by atoms with E-state index in [1.165, 1.54) is 17.5 Å². The van der Waals surface area contributed by atoms with Crippen molar-refractivity contribution in [3.63, 3.8) is 0 Å². The zero-order valence-electron chi connectivity index (χ0n) is 15.6. The molecule has 0 bridgehead atoms. The molecule has 1 fully saturated rings. The molecule has 2 atom stereocenters. The van der Waals surface area contributed by atoms with Gasteiger partial charge < -0.3 is 5.32 Å². The van der Waals surface area contributed by atoms with Crippen molar-refractivity contribution >= 4 is 0 Å². The molecule has 28 heavy (non-hydrogen) atoms. The Hall–Kier alpha value is -3.24. The summed E-state index contributed by atoms with van der Waals surface area (Å²) < 4.78 is 1.84. The summed E-state index contributed by atoms with van der Waals surface area (Å²) >= 11 is 0. The van der Waals surface area contributed by atoms with Crippen LogP contribution in [0.2, 0.25) is 0 Å². The average Bonchev–Trinajstić information content (AvgIpc) is 3.38. The van der Waals surface area contributed by atoms with E-state index in [1.54, 1.807) is 0 Å². The zero-order valence-corrected chi connectivity index (χ0v) is 15.6. The molecule has 0 saturated heterocycles. The van der Waals surface area contributed by atoms with Gasteiger partial charge in [0.2, 0.25) is 0 Å². The number of hydrogen-bond acceptors (Lipinski definition) is 3. The molecular weight excluding hydrogens is 344 g/mol. The Morgan fingerprint density at radius 1 is 0.857 bits per heavy atom. The molecule has 0 amide bonds. The number of aromatic nitrogens is 3. The van der Waals surface area contributed by atoms with E-state index in [4.69, 9.17) is 0 Å². The van der Waals surface area contributed by atoms with Crippen molar-refractivity contribution in [1.82, 2.24) is 20.3 Å². The van der Waals surface area contributed by atoms with Gasteiger partial charge in [-0.3, -0.25) is 0 Å². The molecule has 0 aliphatic heterocycles. The van der Waals surface area contributed by atoms with Crippen LogP contribution < -0.4 is 5.32 Å². The van der Waals surface area contributed by atoms with Gasteiger partial charge in [-0.1, -0.05) is 78.0 Å². The molecule has 4 nitrogen and oxygen atoms in total.